The third-order valence-electron chi connectivity index (χ3n) is 3.07. The van der Waals surface area contributed by atoms with Crippen LogP contribution in [0.15, 0.2) is 24.3 Å². The second-order valence-electron chi connectivity index (χ2n) is 5.48. The van der Waals surface area contributed by atoms with Crippen LogP contribution in [0.4, 0.5) is 0 Å². The molecule has 0 radical (unpaired) electrons. The van der Waals surface area contributed by atoms with Gasteiger partial charge in [-0.2, -0.15) is 0 Å². The SMILES string of the molecule is CC1(C)CN(Cc2ccc(Cl)cc2)CC(CO)O1. The Bertz CT molecular complexity index is 391. The van der Waals surface area contributed by atoms with Gasteiger partial charge in [-0.25, -0.2) is 0 Å². The van der Waals surface area contributed by atoms with Gasteiger partial charge in [0.05, 0.1) is 18.3 Å². The summed E-state index contributed by atoms with van der Waals surface area (Å²) in [6.07, 6.45) is -0.0962. The summed E-state index contributed by atoms with van der Waals surface area (Å²) in [4.78, 5) is 2.31. The van der Waals surface area contributed by atoms with Crippen molar-refractivity contribution in [2.45, 2.75) is 32.1 Å². The van der Waals surface area contributed by atoms with Crippen LogP contribution in [0.2, 0.25) is 5.02 Å². The average molecular weight is 270 g/mol. The van der Waals surface area contributed by atoms with E-state index in [1.807, 2.05) is 24.3 Å². The zero-order chi connectivity index (χ0) is 13.2. The molecular weight excluding hydrogens is 250 g/mol. The first-order valence-corrected chi connectivity index (χ1v) is 6.62. The number of rotatable bonds is 3. The lowest BCUT2D eigenvalue weighted by atomic mass is 10.0. The molecule has 1 atom stereocenters. The van der Waals surface area contributed by atoms with Gasteiger partial charge in [-0.15, -0.1) is 0 Å². The van der Waals surface area contributed by atoms with Crippen molar-refractivity contribution in [2.24, 2.45) is 0 Å². The smallest absolute Gasteiger partial charge is 0.0940 e. The first-order valence-electron chi connectivity index (χ1n) is 6.24. The zero-order valence-corrected chi connectivity index (χ0v) is 11.7. The third kappa shape index (κ3) is 3.69. The monoisotopic (exact) mass is 269 g/mol. The van der Waals surface area contributed by atoms with Crippen LogP contribution in [0.25, 0.3) is 0 Å². The predicted octanol–water partition coefficient (Wildman–Crippen LogP) is 2.31. The molecule has 1 N–H and O–H groups in total. The Morgan fingerprint density at radius 1 is 1.39 bits per heavy atom. The Morgan fingerprint density at radius 2 is 2.06 bits per heavy atom. The Morgan fingerprint density at radius 3 is 2.67 bits per heavy atom. The van der Waals surface area contributed by atoms with E-state index in [1.54, 1.807) is 0 Å². The summed E-state index contributed by atoms with van der Waals surface area (Å²) >= 11 is 5.88. The lowest BCUT2D eigenvalue weighted by Gasteiger charge is -2.42. The molecule has 1 unspecified atom stereocenters. The number of hydrogen-bond donors (Lipinski definition) is 1. The van der Waals surface area contributed by atoms with Crippen molar-refractivity contribution in [3.8, 4) is 0 Å². The summed E-state index contributed by atoms with van der Waals surface area (Å²) in [7, 11) is 0. The average Bonchev–Trinajstić information content (AvgIpc) is 2.30. The van der Waals surface area contributed by atoms with Crippen molar-refractivity contribution in [3.63, 3.8) is 0 Å². The van der Waals surface area contributed by atoms with Crippen LogP contribution in [-0.4, -0.2) is 41.4 Å². The molecule has 1 heterocycles. The van der Waals surface area contributed by atoms with Gasteiger partial charge in [-0.1, -0.05) is 23.7 Å². The fourth-order valence-electron chi connectivity index (χ4n) is 2.48. The fraction of sp³-hybridized carbons (Fsp3) is 0.571. The second-order valence-corrected chi connectivity index (χ2v) is 5.91. The maximum atomic E-state index is 9.27. The molecule has 3 nitrogen and oxygen atoms in total. The predicted molar refractivity (Wildman–Crippen MR) is 72.8 cm³/mol. The van der Waals surface area contributed by atoms with E-state index in [-0.39, 0.29) is 18.3 Å². The minimum absolute atomic E-state index is 0.0700. The number of aliphatic hydroxyl groups is 1. The van der Waals surface area contributed by atoms with Gasteiger partial charge in [0.15, 0.2) is 0 Å². The van der Waals surface area contributed by atoms with Gasteiger partial charge in [0.25, 0.3) is 0 Å². The van der Waals surface area contributed by atoms with Crippen LogP contribution >= 0.6 is 11.6 Å². The first-order chi connectivity index (χ1) is 8.48. The maximum absolute atomic E-state index is 9.27. The lowest BCUT2D eigenvalue weighted by Crippen LogP contribution is -2.53. The lowest BCUT2D eigenvalue weighted by molar-refractivity contribution is -0.150. The van der Waals surface area contributed by atoms with E-state index in [1.165, 1.54) is 5.56 Å². The topological polar surface area (TPSA) is 32.7 Å². The normalized spacial score (nSPS) is 24.1. The maximum Gasteiger partial charge on any atom is 0.0940 e. The van der Waals surface area contributed by atoms with Crippen molar-refractivity contribution in [3.05, 3.63) is 34.9 Å². The van der Waals surface area contributed by atoms with E-state index in [0.29, 0.717) is 0 Å². The van der Waals surface area contributed by atoms with Crippen LogP contribution < -0.4 is 0 Å². The molecule has 0 aliphatic carbocycles. The van der Waals surface area contributed by atoms with Gasteiger partial charge in [-0.3, -0.25) is 4.90 Å². The van der Waals surface area contributed by atoms with Crippen molar-refractivity contribution in [1.82, 2.24) is 4.90 Å². The zero-order valence-electron chi connectivity index (χ0n) is 10.9. The molecule has 0 bridgehead atoms. The van der Waals surface area contributed by atoms with Crippen LogP contribution in [0, 0.1) is 0 Å². The van der Waals surface area contributed by atoms with Crippen molar-refractivity contribution >= 4 is 11.6 Å². The standard InChI is InChI=1S/C14H20ClNO2/c1-14(2)10-16(8-13(9-17)18-14)7-11-3-5-12(15)6-4-11/h3-6,13,17H,7-10H2,1-2H3. The quantitative estimate of drug-likeness (QED) is 0.914. The largest absolute Gasteiger partial charge is 0.394 e. The van der Waals surface area contributed by atoms with Crippen LogP contribution in [0.5, 0.6) is 0 Å². The molecule has 1 aliphatic heterocycles. The summed E-state index contributed by atoms with van der Waals surface area (Å²) in [5.41, 5.74) is 1.02. The van der Waals surface area contributed by atoms with Gasteiger partial charge in [-0.05, 0) is 31.5 Å². The molecule has 0 aromatic heterocycles. The number of hydrogen-bond acceptors (Lipinski definition) is 3. The van der Waals surface area contributed by atoms with Gasteiger partial charge >= 0.3 is 0 Å². The minimum Gasteiger partial charge on any atom is -0.394 e. The van der Waals surface area contributed by atoms with Crippen molar-refractivity contribution < 1.29 is 9.84 Å². The highest BCUT2D eigenvalue weighted by atomic mass is 35.5. The highest BCUT2D eigenvalue weighted by Gasteiger charge is 2.32. The first kappa shape index (κ1) is 13.8. The van der Waals surface area contributed by atoms with Gasteiger partial charge < -0.3 is 9.84 Å². The number of benzene rings is 1. The molecule has 0 spiro atoms. The van der Waals surface area contributed by atoms with E-state index in [0.717, 1.165) is 24.7 Å². The van der Waals surface area contributed by atoms with Crippen molar-refractivity contribution in [2.75, 3.05) is 19.7 Å². The van der Waals surface area contributed by atoms with Gasteiger partial charge in [0.2, 0.25) is 0 Å². The van der Waals surface area contributed by atoms with E-state index in [4.69, 9.17) is 16.3 Å². The molecule has 100 valence electrons. The Hall–Kier alpha value is -0.610. The number of halogens is 1. The summed E-state index contributed by atoms with van der Waals surface area (Å²) in [5.74, 6) is 0. The molecule has 1 fully saturated rings. The van der Waals surface area contributed by atoms with Gasteiger partial charge in [0, 0.05) is 24.7 Å². The third-order valence-corrected chi connectivity index (χ3v) is 3.33. The number of nitrogens with zero attached hydrogens (tertiary/aromatic N) is 1. The molecule has 1 saturated heterocycles. The summed E-state index contributed by atoms with van der Waals surface area (Å²) in [6, 6.07) is 7.90. The molecular formula is C14H20ClNO2. The van der Waals surface area contributed by atoms with Gasteiger partial charge in [0.1, 0.15) is 0 Å². The molecule has 1 aliphatic rings. The fourth-order valence-corrected chi connectivity index (χ4v) is 2.61. The molecule has 1 aromatic rings. The summed E-state index contributed by atoms with van der Waals surface area (Å²) < 4.78 is 5.80. The molecule has 1 aromatic carbocycles. The number of ether oxygens (including phenoxy) is 1. The highest BCUT2D eigenvalue weighted by Crippen LogP contribution is 2.22. The molecule has 0 amide bonds. The summed E-state index contributed by atoms with van der Waals surface area (Å²) in [6.45, 7) is 6.68. The Balaban J connectivity index is 2.02. The van der Waals surface area contributed by atoms with Crippen molar-refractivity contribution in [1.29, 1.82) is 0 Å². The van der Waals surface area contributed by atoms with E-state index in [2.05, 4.69) is 18.7 Å². The molecule has 2 rings (SSSR count). The highest BCUT2D eigenvalue weighted by molar-refractivity contribution is 6.30. The number of aliphatic hydroxyl groups excluding tert-OH is 1. The van der Waals surface area contributed by atoms with Crippen LogP contribution in [-0.2, 0) is 11.3 Å². The Kier molecular flexibility index (Phi) is 4.28. The van der Waals surface area contributed by atoms with Crippen LogP contribution in [0.3, 0.4) is 0 Å². The van der Waals surface area contributed by atoms with E-state index in [9.17, 15) is 5.11 Å². The summed E-state index contributed by atoms with van der Waals surface area (Å²) in [5, 5.41) is 10.0. The molecule has 0 saturated carbocycles. The second kappa shape index (κ2) is 5.57. The Labute approximate surface area is 113 Å². The molecule has 18 heavy (non-hydrogen) atoms. The minimum atomic E-state index is -0.210. The molecule has 4 heteroatoms. The van der Waals surface area contributed by atoms with E-state index >= 15 is 0 Å². The van der Waals surface area contributed by atoms with E-state index < -0.39 is 0 Å². The number of morpholine rings is 1. The van der Waals surface area contributed by atoms with Crippen LogP contribution in [0.1, 0.15) is 19.4 Å².